The fourth-order valence-electron chi connectivity index (χ4n) is 3.20. The predicted molar refractivity (Wildman–Crippen MR) is 107 cm³/mol. The van der Waals surface area contributed by atoms with Gasteiger partial charge in [0.05, 0.1) is 12.2 Å². The lowest BCUT2D eigenvalue weighted by molar-refractivity contribution is 0.266. The Hall–Kier alpha value is -1.37. The van der Waals surface area contributed by atoms with E-state index in [1.807, 2.05) is 13.2 Å². The summed E-state index contributed by atoms with van der Waals surface area (Å²) in [5, 5.41) is 5.92. The summed E-state index contributed by atoms with van der Waals surface area (Å²) in [6.07, 6.45) is 4.44. The zero-order valence-electron chi connectivity index (χ0n) is 13.8. The van der Waals surface area contributed by atoms with Crippen LogP contribution in [0.2, 0.25) is 0 Å². The summed E-state index contributed by atoms with van der Waals surface area (Å²) < 4.78 is 0. The highest BCUT2D eigenvalue weighted by Crippen LogP contribution is 2.17. The van der Waals surface area contributed by atoms with Crippen LogP contribution in [0.5, 0.6) is 0 Å². The Bertz CT molecular complexity index is 666. The molecule has 5 heteroatoms. The van der Waals surface area contributed by atoms with E-state index >= 15 is 0 Å². The van der Waals surface area contributed by atoms with Crippen molar-refractivity contribution in [2.45, 2.75) is 26.3 Å². The number of nitrogens with zero attached hydrogens (tertiary/aromatic N) is 3. The molecule has 2 aromatic rings. The van der Waals surface area contributed by atoms with Crippen molar-refractivity contribution in [1.82, 2.24) is 15.2 Å². The fraction of sp³-hybridized carbons (Fsp3) is 0.444. The lowest BCUT2D eigenvalue weighted by atomic mass is 10.0. The lowest BCUT2D eigenvalue weighted by Gasteiger charge is -2.33. The van der Waals surface area contributed by atoms with Crippen molar-refractivity contribution in [1.29, 1.82) is 0 Å². The highest BCUT2D eigenvalue weighted by atomic mass is 127. The summed E-state index contributed by atoms with van der Waals surface area (Å²) in [6.45, 7) is 5.19. The number of fused-ring (bicyclic) bond motifs is 1. The van der Waals surface area contributed by atoms with Gasteiger partial charge in [0.15, 0.2) is 5.96 Å². The Labute approximate surface area is 155 Å². The van der Waals surface area contributed by atoms with E-state index in [1.54, 1.807) is 0 Å². The van der Waals surface area contributed by atoms with E-state index in [2.05, 4.69) is 57.4 Å². The van der Waals surface area contributed by atoms with Crippen molar-refractivity contribution >= 4 is 40.7 Å². The molecule has 23 heavy (non-hydrogen) atoms. The average Bonchev–Trinajstić information content (AvgIpc) is 2.56. The normalized spacial score (nSPS) is 18.6. The Morgan fingerprint density at radius 2 is 2.17 bits per heavy atom. The molecule has 0 amide bonds. The van der Waals surface area contributed by atoms with E-state index in [4.69, 9.17) is 0 Å². The number of likely N-dealkylation sites (tertiary alicyclic amines) is 1. The second kappa shape index (κ2) is 8.47. The SMILES string of the molecule is CN=C(NCc1nccc2ccccc12)N1CCCC(C)C1.I. The number of aliphatic imine (C=N–C) groups is 1. The third kappa shape index (κ3) is 4.34. The van der Waals surface area contributed by atoms with E-state index in [0.717, 1.165) is 30.7 Å². The number of pyridine rings is 1. The van der Waals surface area contributed by atoms with Crippen molar-refractivity contribution < 1.29 is 0 Å². The Kier molecular flexibility index (Phi) is 6.62. The first kappa shape index (κ1) is 18.0. The first-order valence-corrected chi connectivity index (χ1v) is 8.06. The average molecular weight is 424 g/mol. The molecule has 124 valence electrons. The maximum atomic E-state index is 4.54. The predicted octanol–water partition coefficient (Wildman–Crippen LogP) is 3.66. The molecule has 0 spiro atoms. The Morgan fingerprint density at radius 3 is 2.96 bits per heavy atom. The van der Waals surface area contributed by atoms with E-state index in [0.29, 0.717) is 6.54 Å². The van der Waals surface area contributed by atoms with Gasteiger partial charge in [-0.1, -0.05) is 31.2 Å². The smallest absolute Gasteiger partial charge is 0.193 e. The summed E-state index contributed by atoms with van der Waals surface area (Å²) in [6, 6.07) is 10.4. The zero-order chi connectivity index (χ0) is 15.4. The largest absolute Gasteiger partial charge is 0.351 e. The van der Waals surface area contributed by atoms with Gasteiger partial charge in [-0.2, -0.15) is 0 Å². The molecule has 1 aromatic carbocycles. The van der Waals surface area contributed by atoms with Crippen LogP contribution in [0.4, 0.5) is 0 Å². The highest BCUT2D eigenvalue weighted by molar-refractivity contribution is 14.0. The van der Waals surface area contributed by atoms with Gasteiger partial charge >= 0.3 is 0 Å². The first-order chi connectivity index (χ1) is 10.8. The lowest BCUT2D eigenvalue weighted by Crippen LogP contribution is -2.46. The maximum Gasteiger partial charge on any atom is 0.193 e. The first-order valence-electron chi connectivity index (χ1n) is 8.06. The fourth-order valence-corrected chi connectivity index (χ4v) is 3.20. The standard InChI is InChI=1S/C18H24N4.HI/c1-14-6-5-11-22(13-14)18(19-2)21-12-17-16-8-4-3-7-15(16)9-10-20-17;/h3-4,7-10,14H,5-6,11-13H2,1-2H3,(H,19,21);1H. The number of piperidine rings is 1. The van der Waals surface area contributed by atoms with Crippen molar-refractivity contribution in [3.8, 4) is 0 Å². The molecule has 1 aromatic heterocycles. The van der Waals surface area contributed by atoms with Gasteiger partial charge in [-0.3, -0.25) is 9.98 Å². The number of nitrogens with one attached hydrogen (secondary N) is 1. The van der Waals surface area contributed by atoms with E-state index in [-0.39, 0.29) is 24.0 Å². The van der Waals surface area contributed by atoms with Gasteiger partial charge in [0.1, 0.15) is 0 Å². The van der Waals surface area contributed by atoms with Gasteiger partial charge in [-0.15, -0.1) is 24.0 Å². The van der Waals surface area contributed by atoms with Gasteiger partial charge in [-0.05, 0) is 30.2 Å². The molecule has 1 aliphatic heterocycles. The van der Waals surface area contributed by atoms with Gasteiger partial charge in [-0.25, -0.2) is 0 Å². The Balaban J connectivity index is 0.00000192. The van der Waals surface area contributed by atoms with Crippen LogP contribution < -0.4 is 5.32 Å². The van der Waals surface area contributed by atoms with Crippen molar-refractivity contribution in [3.05, 3.63) is 42.2 Å². The molecule has 1 unspecified atom stereocenters. The molecular weight excluding hydrogens is 399 g/mol. The third-order valence-corrected chi connectivity index (χ3v) is 4.34. The minimum Gasteiger partial charge on any atom is -0.351 e. The summed E-state index contributed by atoms with van der Waals surface area (Å²) in [5.74, 6) is 1.73. The van der Waals surface area contributed by atoms with E-state index < -0.39 is 0 Å². The molecule has 4 nitrogen and oxygen atoms in total. The molecule has 1 aliphatic rings. The van der Waals surface area contributed by atoms with Crippen molar-refractivity contribution in [2.24, 2.45) is 10.9 Å². The molecule has 0 bridgehead atoms. The monoisotopic (exact) mass is 424 g/mol. The maximum absolute atomic E-state index is 4.54. The van der Waals surface area contributed by atoms with E-state index in [1.165, 1.54) is 23.6 Å². The number of halogens is 1. The summed E-state index contributed by atoms with van der Waals surface area (Å²) >= 11 is 0. The van der Waals surface area contributed by atoms with E-state index in [9.17, 15) is 0 Å². The van der Waals surface area contributed by atoms with Crippen LogP contribution in [0.1, 0.15) is 25.5 Å². The second-order valence-electron chi connectivity index (χ2n) is 6.07. The molecule has 1 N–H and O–H groups in total. The number of benzene rings is 1. The minimum absolute atomic E-state index is 0. The summed E-state index contributed by atoms with van der Waals surface area (Å²) in [5.41, 5.74) is 1.07. The van der Waals surface area contributed by atoms with Crippen molar-refractivity contribution in [3.63, 3.8) is 0 Å². The molecule has 0 saturated carbocycles. The van der Waals surface area contributed by atoms with Crippen LogP contribution in [0, 0.1) is 5.92 Å². The molecular formula is C18H25IN4. The number of hydrogen-bond acceptors (Lipinski definition) is 2. The zero-order valence-corrected chi connectivity index (χ0v) is 16.2. The Morgan fingerprint density at radius 1 is 1.35 bits per heavy atom. The van der Waals surface area contributed by atoms with Crippen LogP contribution >= 0.6 is 24.0 Å². The molecule has 0 aliphatic carbocycles. The second-order valence-corrected chi connectivity index (χ2v) is 6.07. The quantitative estimate of drug-likeness (QED) is 0.455. The van der Waals surface area contributed by atoms with Gasteiger partial charge in [0, 0.05) is 31.7 Å². The van der Waals surface area contributed by atoms with Crippen LogP contribution in [0.15, 0.2) is 41.5 Å². The van der Waals surface area contributed by atoms with Crippen molar-refractivity contribution in [2.75, 3.05) is 20.1 Å². The number of guanidine groups is 1. The minimum atomic E-state index is 0. The van der Waals surface area contributed by atoms with Gasteiger partial charge in [0.25, 0.3) is 0 Å². The molecule has 1 saturated heterocycles. The van der Waals surface area contributed by atoms with Gasteiger partial charge < -0.3 is 10.2 Å². The van der Waals surface area contributed by atoms with Crippen LogP contribution in [-0.2, 0) is 6.54 Å². The molecule has 3 rings (SSSR count). The molecule has 2 heterocycles. The molecule has 1 atom stereocenters. The number of aromatic nitrogens is 1. The third-order valence-electron chi connectivity index (χ3n) is 4.34. The summed E-state index contributed by atoms with van der Waals surface area (Å²) in [7, 11) is 1.86. The summed E-state index contributed by atoms with van der Waals surface area (Å²) in [4.78, 5) is 11.3. The molecule has 1 fully saturated rings. The highest BCUT2D eigenvalue weighted by Gasteiger charge is 2.19. The van der Waals surface area contributed by atoms with Crippen LogP contribution in [-0.4, -0.2) is 36.0 Å². The topological polar surface area (TPSA) is 40.5 Å². The van der Waals surface area contributed by atoms with Crippen LogP contribution in [0.3, 0.4) is 0 Å². The number of rotatable bonds is 2. The van der Waals surface area contributed by atoms with Crippen LogP contribution in [0.25, 0.3) is 10.8 Å². The van der Waals surface area contributed by atoms with Gasteiger partial charge in [0.2, 0.25) is 0 Å². The number of hydrogen-bond donors (Lipinski definition) is 1. The molecule has 0 radical (unpaired) electrons.